The molecule has 3 aromatic heterocycles. The molecule has 1 atom stereocenters. The van der Waals surface area contributed by atoms with E-state index >= 15 is 0 Å². The fraction of sp³-hybridized carbons (Fsp3) is 0.308. The first-order valence-corrected chi connectivity index (χ1v) is 12.4. The number of anilines is 1. The second-order valence-corrected chi connectivity index (χ2v) is 9.25. The van der Waals surface area contributed by atoms with E-state index in [2.05, 4.69) is 30.5 Å². The van der Waals surface area contributed by atoms with Crippen molar-refractivity contribution in [1.82, 2.24) is 30.2 Å². The number of carbonyl (C=O) groups excluding carboxylic acids is 1. The smallest absolute Gasteiger partial charge is 0.307 e. The number of fused-ring (bicyclic) bond motifs is 1. The van der Waals surface area contributed by atoms with Crippen molar-refractivity contribution in [2.45, 2.75) is 12.5 Å². The standard InChI is InChI=1S/C26H27ClFN7O2/c1-37-24(36)12-18-14-29-6-8-35(18)9-7-30-17-11-23-21(31-13-17)4-5-22(34-23)26-25(32-15-33-26)19-10-16(27)2-3-20(19)28/h2-5,10-11,13,15,18,29-30H,6-9,12,14H2,1H3,(H,32,33). The number of aromatic nitrogens is 4. The van der Waals surface area contributed by atoms with Crippen molar-refractivity contribution in [1.29, 1.82) is 0 Å². The van der Waals surface area contributed by atoms with E-state index in [0.29, 0.717) is 46.2 Å². The summed E-state index contributed by atoms with van der Waals surface area (Å²) in [5, 5.41) is 7.18. The van der Waals surface area contributed by atoms with E-state index in [0.717, 1.165) is 37.4 Å². The lowest BCUT2D eigenvalue weighted by Gasteiger charge is -2.35. The van der Waals surface area contributed by atoms with Gasteiger partial charge in [0.1, 0.15) is 11.5 Å². The molecule has 1 unspecified atom stereocenters. The van der Waals surface area contributed by atoms with E-state index in [1.165, 1.54) is 25.6 Å². The van der Waals surface area contributed by atoms with Crippen molar-refractivity contribution in [3.8, 4) is 22.6 Å². The summed E-state index contributed by atoms with van der Waals surface area (Å²) < 4.78 is 19.4. The summed E-state index contributed by atoms with van der Waals surface area (Å²) in [4.78, 5) is 30.7. The van der Waals surface area contributed by atoms with Crippen LogP contribution in [0.3, 0.4) is 0 Å². The van der Waals surface area contributed by atoms with Crippen LogP contribution in [0.15, 0.2) is 48.9 Å². The van der Waals surface area contributed by atoms with Gasteiger partial charge in [-0.25, -0.2) is 14.4 Å². The average Bonchev–Trinajstić information content (AvgIpc) is 3.40. The van der Waals surface area contributed by atoms with Gasteiger partial charge in [0.2, 0.25) is 0 Å². The first kappa shape index (κ1) is 25.1. The molecule has 1 aromatic carbocycles. The molecular formula is C26H27ClFN7O2. The van der Waals surface area contributed by atoms with Crippen LogP contribution in [0, 0.1) is 5.82 Å². The number of imidazole rings is 1. The number of carbonyl (C=O) groups is 1. The Morgan fingerprint density at radius 1 is 1.24 bits per heavy atom. The van der Waals surface area contributed by atoms with Gasteiger partial charge in [0.05, 0.1) is 54.2 Å². The lowest BCUT2D eigenvalue weighted by Crippen LogP contribution is -2.53. The summed E-state index contributed by atoms with van der Waals surface area (Å²) in [6.45, 7) is 3.96. The van der Waals surface area contributed by atoms with Crippen molar-refractivity contribution < 1.29 is 13.9 Å². The van der Waals surface area contributed by atoms with Crippen LogP contribution in [0.1, 0.15) is 6.42 Å². The second kappa shape index (κ2) is 11.2. The fourth-order valence-corrected chi connectivity index (χ4v) is 4.71. The van der Waals surface area contributed by atoms with Crippen molar-refractivity contribution in [2.24, 2.45) is 0 Å². The summed E-state index contributed by atoms with van der Waals surface area (Å²) in [6, 6.07) is 10.1. The highest BCUT2D eigenvalue weighted by Gasteiger charge is 2.24. The van der Waals surface area contributed by atoms with Gasteiger partial charge in [-0.1, -0.05) is 11.6 Å². The third kappa shape index (κ3) is 5.71. The molecule has 1 saturated heterocycles. The normalized spacial score (nSPS) is 16.1. The number of rotatable bonds is 8. The number of pyridine rings is 2. The van der Waals surface area contributed by atoms with E-state index in [4.69, 9.17) is 21.3 Å². The predicted molar refractivity (Wildman–Crippen MR) is 141 cm³/mol. The zero-order valence-corrected chi connectivity index (χ0v) is 21.1. The number of halogens is 2. The molecule has 4 heterocycles. The molecule has 5 rings (SSSR count). The number of hydrogen-bond donors (Lipinski definition) is 3. The lowest BCUT2D eigenvalue weighted by atomic mass is 10.1. The highest BCUT2D eigenvalue weighted by atomic mass is 35.5. The second-order valence-electron chi connectivity index (χ2n) is 8.81. The number of piperazine rings is 1. The molecule has 9 nitrogen and oxygen atoms in total. The Hall–Kier alpha value is -3.60. The number of nitrogens with zero attached hydrogens (tertiary/aromatic N) is 4. The monoisotopic (exact) mass is 523 g/mol. The Balaban J connectivity index is 1.31. The van der Waals surface area contributed by atoms with Crippen molar-refractivity contribution in [3.05, 3.63) is 59.8 Å². The van der Waals surface area contributed by atoms with E-state index in [-0.39, 0.29) is 12.0 Å². The Morgan fingerprint density at radius 2 is 2.14 bits per heavy atom. The molecule has 0 radical (unpaired) electrons. The Morgan fingerprint density at radius 3 is 3.00 bits per heavy atom. The third-order valence-electron chi connectivity index (χ3n) is 6.45. The quantitative estimate of drug-likeness (QED) is 0.300. The average molecular weight is 524 g/mol. The summed E-state index contributed by atoms with van der Waals surface area (Å²) in [5.74, 6) is -0.604. The fourth-order valence-electron chi connectivity index (χ4n) is 4.54. The van der Waals surface area contributed by atoms with Crippen molar-refractivity contribution in [3.63, 3.8) is 0 Å². The van der Waals surface area contributed by atoms with Crippen LogP contribution in [0.2, 0.25) is 5.02 Å². The molecule has 0 saturated carbocycles. The molecule has 4 aromatic rings. The summed E-state index contributed by atoms with van der Waals surface area (Å²) in [7, 11) is 1.42. The van der Waals surface area contributed by atoms with Crippen molar-refractivity contribution >= 4 is 34.3 Å². The number of methoxy groups -OCH3 is 1. The van der Waals surface area contributed by atoms with Gasteiger partial charge in [-0.2, -0.15) is 0 Å². The van der Waals surface area contributed by atoms with Gasteiger partial charge in [-0.05, 0) is 36.4 Å². The first-order chi connectivity index (χ1) is 18.0. The maximum Gasteiger partial charge on any atom is 0.307 e. The molecule has 0 aliphatic carbocycles. The first-order valence-electron chi connectivity index (χ1n) is 12.0. The van der Waals surface area contributed by atoms with Crippen LogP contribution in [0.5, 0.6) is 0 Å². The SMILES string of the molecule is COC(=O)CC1CNCCN1CCNc1cnc2ccc(-c3nc[nH]c3-c3cc(Cl)ccc3F)nc2c1. The minimum Gasteiger partial charge on any atom is -0.469 e. The van der Waals surface area contributed by atoms with Gasteiger partial charge < -0.3 is 20.4 Å². The minimum atomic E-state index is -0.401. The maximum absolute atomic E-state index is 14.5. The zero-order valence-electron chi connectivity index (χ0n) is 20.3. The molecular weight excluding hydrogens is 497 g/mol. The summed E-state index contributed by atoms with van der Waals surface area (Å²) >= 11 is 6.10. The number of H-pyrrole nitrogens is 1. The molecule has 1 aliphatic rings. The van der Waals surface area contributed by atoms with Gasteiger partial charge in [-0.15, -0.1) is 0 Å². The Labute approximate surface area is 218 Å². The van der Waals surface area contributed by atoms with Crippen molar-refractivity contribution in [2.75, 3.05) is 45.2 Å². The molecule has 0 bridgehead atoms. The molecule has 37 heavy (non-hydrogen) atoms. The summed E-state index contributed by atoms with van der Waals surface area (Å²) in [5.41, 5.74) is 4.21. The lowest BCUT2D eigenvalue weighted by molar-refractivity contribution is -0.142. The van der Waals surface area contributed by atoms with Gasteiger partial charge in [-0.3, -0.25) is 14.7 Å². The minimum absolute atomic E-state index is 0.106. The molecule has 192 valence electrons. The third-order valence-corrected chi connectivity index (χ3v) is 6.68. The summed E-state index contributed by atoms with van der Waals surface area (Å²) in [6.07, 6.45) is 3.65. The molecule has 11 heteroatoms. The van der Waals surface area contributed by atoms with Crippen LogP contribution in [-0.4, -0.2) is 76.7 Å². The van der Waals surface area contributed by atoms with Crippen LogP contribution < -0.4 is 10.6 Å². The van der Waals surface area contributed by atoms with Crippen LogP contribution >= 0.6 is 11.6 Å². The zero-order chi connectivity index (χ0) is 25.8. The van der Waals surface area contributed by atoms with E-state index < -0.39 is 5.82 Å². The Bertz CT molecular complexity index is 1410. The highest BCUT2D eigenvalue weighted by molar-refractivity contribution is 6.30. The Kier molecular flexibility index (Phi) is 7.59. The number of ether oxygens (including phenoxy) is 1. The van der Waals surface area contributed by atoms with Gasteiger partial charge in [0.15, 0.2) is 0 Å². The van der Waals surface area contributed by atoms with Crippen LogP contribution in [0.25, 0.3) is 33.7 Å². The molecule has 0 amide bonds. The topological polar surface area (TPSA) is 108 Å². The van der Waals surface area contributed by atoms with E-state index in [9.17, 15) is 9.18 Å². The maximum atomic E-state index is 14.5. The number of aromatic amines is 1. The number of hydrogen-bond acceptors (Lipinski definition) is 8. The van der Waals surface area contributed by atoms with E-state index in [1.54, 1.807) is 12.3 Å². The number of nitrogens with one attached hydrogen (secondary N) is 3. The van der Waals surface area contributed by atoms with E-state index in [1.807, 2.05) is 18.2 Å². The highest BCUT2D eigenvalue weighted by Crippen LogP contribution is 2.32. The van der Waals surface area contributed by atoms with Gasteiger partial charge in [0, 0.05) is 49.4 Å². The van der Waals surface area contributed by atoms with Gasteiger partial charge in [0.25, 0.3) is 0 Å². The van der Waals surface area contributed by atoms with Gasteiger partial charge >= 0.3 is 5.97 Å². The predicted octanol–water partition coefficient (Wildman–Crippen LogP) is 3.73. The molecule has 1 aliphatic heterocycles. The molecule has 3 N–H and O–H groups in total. The number of esters is 1. The molecule has 0 spiro atoms. The van der Waals surface area contributed by atoms with Crippen LogP contribution in [-0.2, 0) is 9.53 Å². The number of benzene rings is 1. The van der Waals surface area contributed by atoms with Crippen LogP contribution in [0.4, 0.5) is 10.1 Å². The molecule has 1 fully saturated rings. The largest absolute Gasteiger partial charge is 0.469 e.